The summed E-state index contributed by atoms with van der Waals surface area (Å²) in [6, 6.07) is 3.55. The zero-order valence-corrected chi connectivity index (χ0v) is 12.4. The van der Waals surface area contributed by atoms with E-state index in [0.29, 0.717) is 0 Å². The molecule has 0 aromatic rings. The van der Waals surface area contributed by atoms with Gasteiger partial charge in [-0.05, 0) is 64.5 Å². The molecule has 3 aliphatic heterocycles. The standard InChI is InChI=1S/C16H29N3/c1-18-15-4-5-16(18)9-12(8-15)10-17-13-6-7-19(11-13)14-2-3-14/h12-17H,2-11H2,1H3. The highest BCUT2D eigenvalue weighted by atomic mass is 15.2. The van der Waals surface area contributed by atoms with E-state index in [-0.39, 0.29) is 0 Å². The number of hydrogen-bond acceptors (Lipinski definition) is 3. The predicted molar refractivity (Wildman–Crippen MR) is 78.3 cm³/mol. The molecule has 3 heteroatoms. The molecule has 4 fully saturated rings. The third-order valence-corrected chi connectivity index (χ3v) is 6.17. The molecule has 0 radical (unpaired) electrons. The number of hydrogen-bond donors (Lipinski definition) is 1. The number of likely N-dealkylation sites (tertiary alicyclic amines) is 1. The Morgan fingerprint density at radius 1 is 0.947 bits per heavy atom. The molecule has 0 aromatic carbocycles. The summed E-state index contributed by atoms with van der Waals surface area (Å²) in [6.45, 7) is 3.95. The average molecular weight is 263 g/mol. The van der Waals surface area contributed by atoms with E-state index in [1.807, 2.05) is 0 Å². The first-order valence-electron chi connectivity index (χ1n) is 8.49. The first-order valence-corrected chi connectivity index (χ1v) is 8.49. The zero-order valence-electron chi connectivity index (χ0n) is 12.4. The Morgan fingerprint density at radius 3 is 2.32 bits per heavy atom. The van der Waals surface area contributed by atoms with Gasteiger partial charge in [0.2, 0.25) is 0 Å². The summed E-state index contributed by atoms with van der Waals surface area (Å²) in [4.78, 5) is 5.37. The van der Waals surface area contributed by atoms with Gasteiger partial charge in [-0.15, -0.1) is 0 Å². The van der Waals surface area contributed by atoms with Crippen molar-refractivity contribution < 1.29 is 0 Å². The van der Waals surface area contributed by atoms with Crippen molar-refractivity contribution in [1.82, 2.24) is 15.1 Å². The Labute approximate surface area is 117 Å². The first-order chi connectivity index (χ1) is 9.29. The van der Waals surface area contributed by atoms with Crippen LogP contribution in [-0.2, 0) is 0 Å². The second-order valence-electron chi connectivity index (χ2n) is 7.51. The minimum Gasteiger partial charge on any atom is -0.312 e. The monoisotopic (exact) mass is 263 g/mol. The highest BCUT2D eigenvalue weighted by Crippen LogP contribution is 2.37. The van der Waals surface area contributed by atoms with Crippen LogP contribution in [0.15, 0.2) is 0 Å². The highest BCUT2D eigenvalue weighted by Gasteiger charge is 2.39. The molecule has 0 spiro atoms. The first kappa shape index (κ1) is 12.6. The third-order valence-electron chi connectivity index (χ3n) is 6.17. The lowest BCUT2D eigenvalue weighted by atomic mass is 9.91. The van der Waals surface area contributed by atoms with Gasteiger partial charge in [-0.25, -0.2) is 0 Å². The van der Waals surface area contributed by atoms with Crippen molar-refractivity contribution >= 4 is 0 Å². The highest BCUT2D eigenvalue weighted by molar-refractivity contribution is 4.95. The molecular formula is C16H29N3. The van der Waals surface area contributed by atoms with E-state index in [2.05, 4.69) is 22.2 Å². The van der Waals surface area contributed by atoms with Gasteiger partial charge in [0.05, 0.1) is 0 Å². The normalized spacial score (nSPS) is 44.1. The molecule has 0 amide bonds. The van der Waals surface area contributed by atoms with Crippen LogP contribution in [0.3, 0.4) is 0 Å². The molecule has 3 unspecified atom stereocenters. The van der Waals surface area contributed by atoms with Crippen LogP contribution in [0, 0.1) is 5.92 Å². The maximum Gasteiger partial charge on any atom is 0.0207 e. The van der Waals surface area contributed by atoms with Crippen molar-refractivity contribution in [1.29, 1.82) is 0 Å². The molecule has 4 rings (SSSR count). The molecule has 4 aliphatic rings. The molecule has 3 atom stereocenters. The Balaban J connectivity index is 1.23. The number of piperidine rings is 1. The second-order valence-corrected chi connectivity index (χ2v) is 7.51. The van der Waals surface area contributed by atoms with E-state index in [9.17, 15) is 0 Å². The number of nitrogens with zero attached hydrogens (tertiary/aromatic N) is 2. The molecule has 108 valence electrons. The molecule has 2 bridgehead atoms. The number of rotatable bonds is 4. The van der Waals surface area contributed by atoms with Gasteiger partial charge in [0.25, 0.3) is 0 Å². The molecule has 3 nitrogen and oxygen atoms in total. The van der Waals surface area contributed by atoms with Crippen molar-refractivity contribution in [2.75, 3.05) is 26.7 Å². The van der Waals surface area contributed by atoms with Crippen LogP contribution in [0.25, 0.3) is 0 Å². The summed E-state index contributed by atoms with van der Waals surface area (Å²) >= 11 is 0. The Hall–Kier alpha value is -0.120. The van der Waals surface area contributed by atoms with Crippen LogP contribution < -0.4 is 5.32 Å². The van der Waals surface area contributed by atoms with Crippen LogP contribution in [0.5, 0.6) is 0 Å². The van der Waals surface area contributed by atoms with Crippen LogP contribution in [0.1, 0.15) is 44.9 Å². The molecule has 19 heavy (non-hydrogen) atoms. The fourth-order valence-corrected chi connectivity index (χ4v) is 4.75. The summed E-state index contributed by atoms with van der Waals surface area (Å²) in [5, 5.41) is 3.89. The maximum atomic E-state index is 3.89. The fraction of sp³-hybridized carbons (Fsp3) is 1.00. The SMILES string of the molecule is CN1C2CCC1CC(CNC1CCN(C3CC3)C1)C2. The van der Waals surface area contributed by atoms with Gasteiger partial charge in [-0.2, -0.15) is 0 Å². The summed E-state index contributed by atoms with van der Waals surface area (Å²) < 4.78 is 0. The van der Waals surface area contributed by atoms with Crippen molar-refractivity contribution in [2.45, 2.75) is 69.1 Å². The van der Waals surface area contributed by atoms with Gasteiger partial charge in [0.15, 0.2) is 0 Å². The van der Waals surface area contributed by atoms with E-state index in [4.69, 9.17) is 0 Å². The second kappa shape index (κ2) is 5.01. The van der Waals surface area contributed by atoms with E-state index in [1.165, 1.54) is 64.6 Å². The topological polar surface area (TPSA) is 18.5 Å². The van der Waals surface area contributed by atoms with Gasteiger partial charge in [-0.3, -0.25) is 4.90 Å². The summed E-state index contributed by atoms with van der Waals surface area (Å²) in [5.41, 5.74) is 0. The van der Waals surface area contributed by atoms with Gasteiger partial charge in [-0.1, -0.05) is 0 Å². The predicted octanol–water partition coefficient (Wildman–Crippen LogP) is 1.69. The van der Waals surface area contributed by atoms with Crippen LogP contribution in [0.2, 0.25) is 0 Å². The van der Waals surface area contributed by atoms with Crippen LogP contribution >= 0.6 is 0 Å². The molecule has 0 aromatic heterocycles. The summed E-state index contributed by atoms with van der Waals surface area (Å²) in [6.07, 6.45) is 10.1. The molecule has 1 aliphatic carbocycles. The van der Waals surface area contributed by atoms with Crippen molar-refractivity contribution in [2.24, 2.45) is 5.92 Å². The summed E-state index contributed by atoms with van der Waals surface area (Å²) in [5.74, 6) is 0.948. The van der Waals surface area contributed by atoms with E-state index in [1.54, 1.807) is 0 Å². The molecule has 1 N–H and O–H groups in total. The fourth-order valence-electron chi connectivity index (χ4n) is 4.75. The van der Waals surface area contributed by atoms with Gasteiger partial charge < -0.3 is 10.2 Å². The van der Waals surface area contributed by atoms with E-state index < -0.39 is 0 Å². The van der Waals surface area contributed by atoms with Crippen LogP contribution in [0.4, 0.5) is 0 Å². The number of fused-ring (bicyclic) bond motifs is 2. The maximum absolute atomic E-state index is 3.89. The number of nitrogens with one attached hydrogen (secondary N) is 1. The van der Waals surface area contributed by atoms with Gasteiger partial charge in [0.1, 0.15) is 0 Å². The molecule has 3 saturated heterocycles. The Kier molecular flexibility index (Phi) is 3.33. The Morgan fingerprint density at radius 2 is 1.63 bits per heavy atom. The van der Waals surface area contributed by atoms with Crippen molar-refractivity contribution in [3.05, 3.63) is 0 Å². The minimum atomic E-state index is 0.790. The van der Waals surface area contributed by atoms with Crippen molar-refractivity contribution in [3.63, 3.8) is 0 Å². The Bertz CT molecular complexity index is 314. The van der Waals surface area contributed by atoms with E-state index in [0.717, 1.165) is 30.1 Å². The molecule has 3 heterocycles. The van der Waals surface area contributed by atoms with Gasteiger partial charge >= 0.3 is 0 Å². The molecule has 1 saturated carbocycles. The van der Waals surface area contributed by atoms with E-state index >= 15 is 0 Å². The molecular weight excluding hydrogens is 234 g/mol. The van der Waals surface area contributed by atoms with Crippen molar-refractivity contribution in [3.8, 4) is 0 Å². The lowest BCUT2D eigenvalue weighted by molar-refractivity contribution is 0.131. The average Bonchev–Trinajstić information content (AvgIpc) is 3.13. The largest absolute Gasteiger partial charge is 0.312 e. The lowest BCUT2D eigenvalue weighted by Crippen LogP contribution is -2.44. The summed E-state index contributed by atoms with van der Waals surface area (Å²) in [7, 11) is 2.34. The quantitative estimate of drug-likeness (QED) is 0.832. The zero-order chi connectivity index (χ0) is 12.8. The minimum absolute atomic E-state index is 0.790. The lowest BCUT2D eigenvalue weighted by Gasteiger charge is -2.36. The smallest absolute Gasteiger partial charge is 0.0207 e. The van der Waals surface area contributed by atoms with Gasteiger partial charge in [0, 0.05) is 37.3 Å². The third kappa shape index (κ3) is 2.57. The van der Waals surface area contributed by atoms with Crippen LogP contribution in [-0.4, -0.2) is 60.6 Å².